The predicted octanol–water partition coefficient (Wildman–Crippen LogP) is -5.51. The summed E-state index contributed by atoms with van der Waals surface area (Å²) in [6.45, 7) is 0.897. The van der Waals surface area contributed by atoms with Crippen LogP contribution in [0.4, 0.5) is 0 Å². The molecule has 0 radical (unpaired) electrons. The van der Waals surface area contributed by atoms with Crippen molar-refractivity contribution in [3.05, 3.63) is 23.7 Å². The molecule has 1 unspecified atom stereocenters. The number of furan rings is 1. The molecule has 1 fully saturated rings. The molecular formula is C11H12Li2O5. The van der Waals surface area contributed by atoms with Crippen LogP contribution in [-0.2, 0) is 16.1 Å². The normalized spacial score (nSPS) is 18.6. The second kappa shape index (κ2) is 8.88. The third kappa shape index (κ3) is 5.24. The molecule has 7 heteroatoms. The number of hydrogen-bond donors (Lipinski definition) is 0. The van der Waals surface area contributed by atoms with Crippen LogP contribution in [0.1, 0.15) is 35.4 Å². The van der Waals surface area contributed by atoms with E-state index >= 15 is 0 Å². The van der Waals surface area contributed by atoms with Gasteiger partial charge < -0.3 is 23.8 Å². The maximum absolute atomic E-state index is 10.5. The number of hydrogen-bond acceptors (Lipinski definition) is 5. The topological polar surface area (TPSA) is 71.7 Å². The number of carbonyl (C=O) groups excluding carboxylic acids is 1. The second-order valence-electron chi connectivity index (χ2n) is 3.62. The van der Waals surface area contributed by atoms with E-state index in [9.17, 15) is 9.90 Å². The Kier molecular flexibility index (Phi) is 8.81. The van der Waals surface area contributed by atoms with E-state index in [0.717, 1.165) is 19.3 Å². The Morgan fingerprint density at radius 3 is 2.83 bits per heavy atom. The Hall–Kier alpha value is -0.135. The van der Waals surface area contributed by atoms with E-state index in [1.54, 1.807) is 0 Å². The SMILES string of the molecule is O=C([O-])c1[c-]oc(COC2CCCCO2)c1.[Li+].[Li+]. The van der Waals surface area contributed by atoms with Crippen molar-refractivity contribution in [3.8, 4) is 0 Å². The first kappa shape index (κ1) is 17.9. The summed E-state index contributed by atoms with van der Waals surface area (Å²) in [6, 6.07) is 1.35. The molecule has 1 saturated heterocycles. The van der Waals surface area contributed by atoms with Gasteiger partial charge in [-0.2, -0.15) is 0 Å². The molecule has 1 aliphatic rings. The molecule has 2 heterocycles. The summed E-state index contributed by atoms with van der Waals surface area (Å²) >= 11 is 0. The van der Waals surface area contributed by atoms with Crippen molar-refractivity contribution >= 4 is 5.97 Å². The first-order valence-corrected chi connectivity index (χ1v) is 5.20. The van der Waals surface area contributed by atoms with Crippen molar-refractivity contribution in [2.24, 2.45) is 0 Å². The van der Waals surface area contributed by atoms with Crippen molar-refractivity contribution < 1.29 is 61.5 Å². The fourth-order valence-electron chi connectivity index (χ4n) is 1.53. The zero-order valence-corrected chi connectivity index (χ0v) is 10.7. The molecule has 2 rings (SSSR count). The van der Waals surface area contributed by atoms with Gasteiger partial charge in [-0.15, -0.1) is 6.07 Å². The van der Waals surface area contributed by atoms with Gasteiger partial charge in [-0.25, -0.2) is 0 Å². The number of carboxylic acids is 1. The van der Waals surface area contributed by atoms with Gasteiger partial charge in [0.1, 0.15) is 0 Å². The number of carboxylic acid groups (broad SMARTS) is 1. The Morgan fingerprint density at radius 1 is 1.50 bits per heavy atom. The molecule has 18 heavy (non-hydrogen) atoms. The molecule has 0 spiro atoms. The van der Waals surface area contributed by atoms with Crippen molar-refractivity contribution in [1.82, 2.24) is 0 Å². The number of ether oxygens (including phenoxy) is 2. The molecule has 88 valence electrons. The van der Waals surface area contributed by atoms with Crippen LogP contribution in [0.2, 0.25) is 0 Å². The summed E-state index contributed by atoms with van der Waals surface area (Å²) in [5, 5.41) is 10.5. The van der Waals surface area contributed by atoms with Crippen molar-refractivity contribution in [2.75, 3.05) is 6.61 Å². The molecular weight excluding hydrogens is 226 g/mol. The largest absolute Gasteiger partial charge is 1.00 e. The summed E-state index contributed by atoms with van der Waals surface area (Å²) in [7, 11) is 0. The van der Waals surface area contributed by atoms with Gasteiger partial charge in [0.2, 0.25) is 0 Å². The molecule has 5 nitrogen and oxygen atoms in total. The molecule has 0 bridgehead atoms. The summed E-state index contributed by atoms with van der Waals surface area (Å²) in [6.07, 6.45) is 5.02. The van der Waals surface area contributed by atoms with Gasteiger partial charge in [-0.3, -0.25) is 0 Å². The fourth-order valence-corrected chi connectivity index (χ4v) is 1.53. The zero-order valence-electron chi connectivity index (χ0n) is 10.7. The number of aromatic carboxylic acids is 1. The van der Waals surface area contributed by atoms with Crippen LogP contribution >= 0.6 is 0 Å². The van der Waals surface area contributed by atoms with E-state index in [1.165, 1.54) is 6.07 Å². The van der Waals surface area contributed by atoms with Gasteiger partial charge in [0.15, 0.2) is 6.29 Å². The Balaban J connectivity index is 0.00000144. The van der Waals surface area contributed by atoms with Crippen LogP contribution in [0.25, 0.3) is 0 Å². The molecule has 1 aromatic heterocycles. The second-order valence-corrected chi connectivity index (χ2v) is 3.62. The van der Waals surface area contributed by atoms with Crippen LogP contribution in [0.3, 0.4) is 0 Å². The molecule has 0 aliphatic carbocycles. The molecule has 0 amide bonds. The minimum atomic E-state index is -1.30. The van der Waals surface area contributed by atoms with Crippen molar-refractivity contribution in [3.63, 3.8) is 0 Å². The number of rotatable bonds is 4. The number of carbonyl (C=O) groups is 1. The molecule has 0 aromatic carbocycles. The Labute approximate surface area is 130 Å². The van der Waals surface area contributed by atoms with E-state index in [1.807, 2.05) is 0 Å². The van der Waals surface area contributed by atoms with Crippen molar-refractivity contribution in [1.29, 1.82) is 0 Å². The van der Waals surface area contributed by atoms with Crippen molar-refractivity contribution in [2.45, 2.75) is 32.2 Å². The summed E-state index contributed by atoms with van der Waals surface area (Å²) in [4.78, 5) is 10.5. The van der Waals surface area contributed by atoms with E-state index in [-0.39, 0.29) is 56.2 Å². The minimum Gasteiger partial charge on any atom is -0.603 e. The third-order valence-electron chi connectivity index (χ3n) is 2.37. The van der Waals surface area contributed by atoms with Crippen LogP contribution in [-0.4, -0.2) is 18.9 Å². The van der Waals surface area contributed by atoms with Gasteiger partial charge in [-0.1, -0.05) is 5.56 Å². The third-order valence-corrected chi connectivity index (χ3v) is 2.37. The fraction of sp³-hybridized carbons (Fsp3) is 0.545. The van der Waals surface area contributed by atoms with E-state index < -0.39 is 5.97 Å². The van der Waals surface area contributed by atoms with Crippen LogP contribution in [0.15, 0.2) is 10.5 Å². The Bertz CT molecular complexity index is 360. The summed E-state index contributed by atoms with van der Waals surface area (Å²) in [5.74, 6) is -0.891. The smallest absolute Gasteiger partial charge is 0.603 e. The van der Waals surface area contributed by atoms with Crippen LogP contribution in [0.5, 0.6) is 0 Å². The quantitative estimate of drug-likeness (QED) is 0.386. The average molecular weight is 238 g/mol. The van der Waals surface area contributed by atoms with Gasteiger partial charge in [0, 0.05) is 18.6 Å². The van der Waals surface area contributed by atoms with E-state index in [4.69, 9.17) is 13.9 Å². The summed E-state index contributed by atoms with van der Waals surface area (Å²) < 4.78 is 15.7. The van der Waals surface area contributed by atoms with Gasteiger partial charge in [0.05, 0.1) is 6.61 Å². The Morgan fingerprint density at radius 2 is 2.28 bits per heavy atom. The molecule has 1 atom stereocenters. The van der Waals surface area contributed by atoms with Gasteiger partial charge >= 0.3 is 37.7 Å². The minimum absolute atomic E-state index is 0. The standard InChI is InChI=1S/C11H13O5.2Li/c12-11(13)8-5-9(15-6-8)7-16-10-3-1-2-4-14-10;;/h5,10H,1-4,7H2,(H,12,13);;/q-1;2*+1/p-1. The van der Waals surface area contributed by atoms with E-state index in [2.05, 4.69) is 6.26 Å². The van der Waals surface area contributed by atoms with Gasteiger partial charge in [0.25, 0.3) is 0 Å². The molecule has 1 aromatic rings. The van der Waals surface area contributed by atoms with Crippen LogP contribution < -0.4 is 42.8 Å². The first-order valence-electron chi connectivity index (χ1n) is 5.20. The maximum Gasteiger partial charge on any atom is 1.00 e. The predicted molar refractivity (Wildman–Crippen MR) is 50.3 cm³/mol. The average Bonchev–Trinajstić information content (AvgIpc) is 2.76. The van der Waals surface area contributed by atoms with Gasteiger partial charge in [-0.05, 0) is 25.2 Å². The zero-order chi connectivity index (χ0) is 11.4. The van der Waals surface area contributed by atoms with E-state index in [0.29, 0.717) is 12.4 Å². The molecule has 1 aliphatic heterocycles. The summed E-state index contributed by atoms with van der Waals surface area (Å²) in [5.41, 5.74) is -0.0943. The first-order chi connectivity index (χ1) is 7.75. The van der Waals surface area contributed by atoms with Crippen LogP contribution in [0, 0.1) is 6.26 Å². The maximum atomic E-state index is 10.5. The molecule has 0 saturated carbocycles. The monoisotopic (exact) mass is 238 g/mol. The molecule has 0 N–H and O–H groups in total.